The van der Waals surface area contributed by atoms with Crippen molar-refractivity contribution in [3.63, 3.8) is 0 Å². The van der Waals surface area contributed by atoms with Crippen molar-refractivity contribution in [1.29, 1.82) is 0 Å². The standard InChI is InChI=1S/C17H20N2O3S/c1-17(2,3)19(20)13-14-9-7-8-12-16(14)18-23(21,22)15-10-5-4-6-11-15/h4-13,20H,1-3H3/b14-13+,18-16-. The van der Waals surface area contributed by atoms with Gasteiger partial charge in [0.1, 0.15) is 0 Å². The summed E-state index contributed by atoms with van der Waals surface area (Å²) in [7, 11) is -3.80. The summed E-state index contributed by atoms with van der Waals surface area (Å²) in [5.41, 5.74) is 0.287. The number of allylic oxidation sites excluding steroid dienone is 5. The maximum Gasteiger partial charge on any atom is 0.282 e. The predicted octanol–water partition coefficient (Wildman–Crippen LogP) is 3.32. The van der Waals surface area contributed by atoms with Crippen molar-refractivity contribution in [3.05, 3.63) is 66.4 Å². The van der Waals surface area contributed by atoms with Gasteiger partial charge in [0, 0.05) is 11.8 Å². The van der Waals surface area contributed by atoms with E-state index in [9.17, 15) is 13.6 Å². The first kappa shape index (κ1) is 17.2. The Labute approximate surface area is 137 Å². The molecule has 0 aromatic heterocycles. The van der Waals surface area contributed by atoms with Gasteiger partial charge in [-0.1, -0.05) is 36.4 Å². The van der Waals surface area contributed by atoms with Crippen LogP contribution in [0.1, 0.15) is 20.8 Å². The number of rotatable bonds is 3. The lowest BCUT2D eigenvalue weighted by Crippen LogP contribution is -2.34. The summed E-state index contributed by atoms with van der Waals surface area (Å²) in [6.07, 6.45) is 8.24. The zero-order chi connectivity index (χ0) is 17.1. The van der Waals surface area contributed by atoms with E-state index in [1.54, 1.807) is 42.5 Å². The van der Waals surface area contributed by atoms with Crippen LogP contribution in [-0.4, -0.2) is 29.9 Å². The second-order valence-electron chi connectivity index (χ2n) is 6.08. The number of benzene rings is 1. The van der Waals surface area contributed by atoms with E-state index in [-0.39, 0.29) is 10.6 Å². The topological polar surface area (TPSA) is 70.0 Å². The normalized spacial score (nSPS) is 18.6. The van der Waals surface area contributed by atoms with Crippen molar-refractivity contribution in [2.45, 2.75) is 31.2 Å². The Bertz CT molecular complexity index is 783. The molecule has 0 bridgehead atoms. The fraction of sp³-hybridized carbons (Fsp3) is 0.235. The zero-order valence-electron chi connectivity index (χ0n) is 13.3. The van der Waals surface area contributed by atoms with Crippen molar-refractivity contribution in [1.82, 2.24) is 5.06 Å². The molecule has 0 heterocycles. The van der Waals surface area contributed by atoms with Gasteiger partial charge >= 0.3 is 0 Å². The van der Waals surface area contributed by atoms with Gasteiger partial charge in [0.15, 0.2) is 0 Å². The van der Waals surface area contributed by atoms with Gasteiger partial charge in [-0.3, -0.25) is 10.3 Å². The fourth-order valence-corrected chi connectivity index (χ4v) is 2.81. The molecular weight excluding hydrogens is 312 g/mol. The van der Waals surface area contributed by atoms with Crippen LogP contribution >= 0.6 is 0 Å². The monoisotopic (exact) mass is 332 g/mol. The van der Waals surface area contributed by atoms with Gasteiger partial charge in [-0.2, -0.15) is 12.8 Å². The van der Waals surface area contributed by atoms with Crippen molar-refractivity contribution < 1.29 is 13.6 Å². The summed E-state index contributed by atoms with van der Waals surface area (Å²) in [6.45, 7) is 5.51. The highest BCUT2D eigenvalue weighted by Gasteiger charge is 2.19. The number of sulfonamides is 1. The van der Waals surface area contributed by atoms with Gasteiger partial charge in [-0.05, 0) is 39.0 Å². The summed E-state index contributed by atoms with van der Waals surface area (Å²) < 4.78 is 28.7. The van der Waals surface area contributed by atoms with Crippen LogP contribution in [0.25, 0.3) is 0 Å². The summed E-state index contributed by atoms with van der Waals surface area (Å²) in [6, 6.07) is 8.04. The molecule has 0 saturated carbocycles. The highest BCUT2D eigenvalue weighted by atomic mass is 32.2. The Balaban J connectivity index is 2.42. The maximum atomic E-state index is 12.4. The smallest absolute Gasteiger partial charge is 0.282 e. The third kappa shape index (κ3) is 4.40. The van der Waals surface area contributed by atoms with Crippen molar-refractivity contribution in [2.75, 3.05) is 0 Å². The molecule has 1 aromatic rings. The molecule has 1 aliphatic rings. The molecule has 122 valence electrons. The molecule has 5 nitrogen and oxygen atoms in total. The molecule has 6 heteroatoms. The van der Waals surface area contributed by atoms with Crippen LogP contribution in [0.2, 0.25) is 0 Å². The van der Waals surface area contributed by atoms with Gasteiger partial charge in [0.05, 0.1) is 16.1 Å². The maximum absolute atomic E-state index is 12.4. The molecule has 0 spiro atoms. The zero-order valence-corrected chi connectivity index (χ0v) is 14.2. The minimum atomic E-state index is -3.80. The molecule has 0 radical (unpaired) electrons. The Morgan fingerprint density at radius 2 is 1.70 bits per heavy atom. The summed E-state index contributed by atoms with van der Waals surface area (Å²) in [5, 5.41) is 11.1. The van der Waals surface area contributed by atoms with Crippen LogP contribution in [0.4, 0.5) is 0 Å². The third-order valence-corrected chi connectivity index (χ3v) is 4.45. The summed E-state index contributed by atoms with van der Waals surface area (Å²) in [5.74, 6) is 0. The second-order valence-corrected chi connectivity index (χ2v) is 7.69. The van der Waals surface area contributed by atoms with Gasteiger partial charge in [-0.25, -0.2) is 0 Å². The Hall–Kier alpha value is -2.18. The lowest BCUT2D eigenvalue weighted by atomic mass is 10.1. The molecule has 0 fully saturated rings. The van der Waals surface area contributed by atoms with E-state index < -0.39 is 15.6 Å². The van der Waals surface area contributed by atoms with Crippen LogP contribution in [0, 0.1) is 0 Å². The Morgan fingerprint density at radius 3 is 2.30 bits per heavy atom. The summed E-state index contributed by atoms with van der Waals surface area (Å²) >= 11 is 0. The van der Waals surface area contributed by atoms with Crippen LogP contribution in [0.5, 0.6) is 0 Å². The van der Waals surface area contributed by atoms with E-state index in [1.165, 1.54) is 18.3 Å². The van der Waals surface area contributed by atoms with E-state index >= 15 is 0 Å². The average molecular weight is 332 g/mol. The van der Waals surface area contributed by atoms with Crippen LogP contribution in [0.3, 0.4) is 0 Å². The molecule has 1 N–H and O–H groups in total. The molecule has 0 amide bonds. The Morgan fingerprint density at radius 1 is 1.09 bits per heavy atom. The van der Waals surface area contributed by atoms with Gasteiger partial charge < -0.3 is 0 Å². The fourth-order valence-electron chi connectivity index (χ4n) is 1.78. The minimum Gasteiger partial charge on any atom is -0.288 e. The lowest BCUT2D eigenvalue weighted by molar-refractivity contribution is -0.110. The average Bonchev–Trinajstić information content (AvgIpc) is 2.49. The quantitative estimate of drug-likeness (QED) is 0.862. The first-order valence-electron chi connectivity index (χ1n) is 7.15. The molecule has 23 heavy (non-hydrogen) atoms. The van der Waals surface area contributed by atoms with Crippen LogP contribution in [-0.2, 0) is 10.0 Å². The molecular formula is C17H20N2O3S. The SMILES string of the molecule is CC(C)(C)N(O)/C=C1\C=CC=C\C1=N\S(=O)(=O)c1ccccc1. The van der Waals surface area contributed by atoms with E-state index in [0.717, 1.165) is 5.06 Å². The largest absolute Gasteiger partial charge is 0.288 e. The lowest BCUT2D eigenvalue weighted by Gasteiger charge is -2.29. The first-order chi connectivity index (χ1) is 10.7. The Kier molecular flexibility index (Phi) is 4.87. The first-order valence-corrected chi connectivity index (χ1v) is 8.59. The van der Waals surface area contributed by atoms with E-state index in [0.29, 0.717) is 5.57 Å². The highest BCUT2D eigenvalue weighted by Crippen LogP contribution is 2.18. The number of hydroxylamine groups is 2. The summed E-state index contributed by atoms with van der Waals surface area (Å²) in [4.78, 5) is 0.131. The van der Waals surface area contributed by atoms with Crippen LogP contribution < -0.4 is 0 Å². The van der Waals surface area contributed by atoms with Crippen molar-refractivity contribution in [2.24, 2.45) is 4.40 Å². The minimum absolute atomic E-state index is 0.131. The van der Waals surface area contributed by atoms with E-state index in [1.807, 2.05) is 20.8 Å². The van der Waals surface area contributed by atoms with E-state index in [4.69, 9.17) is 0 Å². The molecule has 1 aliphatic carbocycles. The number of hydrogen-bond acceptors (Lipinski definition) is 4. The number of nitrogens with zero attached hydrogens (tertiary/aromatic N) is 2. The van der Waals surface area contributed by atoms with Gasteiger partial charge in [-0.15, -0.1) is 0 Å². The molecule has 0 aliphatic heterocycles. The predicted molar refractivity (Wildman–Crippen MR) is 90.8 cm³/mol. The molecule has 2 rings (SSSR count). The third-order valence-electron chi connectivity index (χ3n) is 3.15. The highest BCUT2D eigenvalue weighted by molar-refractivity contribution is 7.90. The number of hydrogen-bond donors (Lipinski definition) is 1. The molecule has 0 atom stereocenters. The van der Waals surface area contributed by atoms with Crippen LogP contribution in [0.15, 0.2) is 75.7 Å². The van der Waals surface area contributed by atoms with Gasteiger partial charge in [0.2, 0.25) is 0 Å². The molecule has 0 unspecified atom stereocenters. The molecule has 0 saturated heterocycles. The van der Waals surface area contributed by atoms with E-state index in [2.05, 4.69) is 4.40 Å². The molecule has 1 aromatic carbocycles. The van der Waals surface area contributed by atoms with Crippen molar-refractivity contribution >= 4 is 15.7 Å². The second kappa shape index (κ2) is 6.52. The van der Waals surface area contributed by atoms with Gasteiger partial charge in [0.25, 0.3) is 10.0 Å². The van der Waals surface area contributed by atoms with Crippen molar-refractivity contribution in [3.8, 4) is 0 Å².